The first-order valence-corrected chi connectivity index (χ1v) is 7.25. The molecule has 0 aliphatic rings. The Morgan fingerprint density at radius 3 is 2.79 bits per heavy atom. The van der Waals surface area contributed by atoms with E-state index in [9.17, 15) is 4.39 Å². The van der Waals surface area contributed by atoms with E-state index in [0.29, 0.717) is 0 Å². The Morgan fingerprint density at radius 1 is 1.37 bits per heavy atom. The summed E-state index contributed by atoms with van der Waals surface area (Å²) in [7, 11) is 3.85. The molecule has 2 rings (SSSR count). The van der Waals surface area contributed by atoms with Gasteiger partial charge in [-0.3, -0.25) is 0 Å². The smallest absolute Gasteiger partial charge is 0.130 e. The Morgan fingerprint density at radius 2 is 2.16 bits per heavy atom. The monoisotopic (exact) mass is 278 g/mol. The van der Waals surface area contributed by atoms with Crippen LogP contribution in [0.4, 0.5) is 10.1 Å². The second kappa shape index (κ2) is 6.17. The molecule has 0 aliphatic heterocycles. The van der Waals surface area contributed by atoms with E-state index in [4.69, 9.17) is 0 Å². The van der Waals surface area contributed by atoms with Crippen molar-refractivity contribution in [3.8, 4) is 0 Å². The topological polar surface area (TPSA) is 15.3 Å². The maximum atomic E-state index is 14.1. The van der Waals surface area contributed by atoms with Gasteiger partial charge in [0.05, 0.1) is 0 Å². The first-order valence-electron chi connectivity index (χ1n) is 6.31. The normalized spacial score (nSPS) is 12.4. The van der Waals surface area contributed by atoms with Crippen molar-refractivity contribution in [2.75, 3.05) is 19.0 Å². The highest BCUT2D eigenvalue weighted by molar-refractivity contribution is 7.07. The lowest BCUT2D eigenvalue weighted by atomic mass is 10.0. The van der Waals surface area contributed by atoms with Crippen LogP contribution in [-0.2, 0) is 6.54 Å². The second-order valence-electron chi connectivity index (χ2n) is 4.67. The first-order chi connectivity index (χ1) is 9.13. The molecule has 0 aliphatic carbocycles. The maximum absolute atomic E-state index is 14.1. The van der Waals surface area contributed by atoms with Crippen molar-refractivity contribution in [1.29, 1.82) is 0 Å². The Hall–Kier alpha value is -1.39. The fourth-order valence-corrected chi connectivity index (χ4v) is 2.83. The predicted molar refractivity (Wildman–Crippen MR) is 80.3 cm³/mol. The Bertz CT molecular complexity index is 525. The molecule has 0 saturated heterocycles. The van der Waals surface area contributed by atoms with Gasteiger partial charge in [0.15, 0.2) is 0 Å². The SMILES string of the molecule is CNC(C)c1c(F)cccc1N(C)Cc1ccsc1. The van der Waals surface area contributed by atoms with Crippen LogP contribution in [0.5, 0.6) is 0 Å². The highest BCUT2D eigenvalue weighted by Crippen LogP contribution is 2.29. The van der Waals surface area contributed by atoms with Crippen LogP contribution in [-0.4, -0.2) is 14.1 Å². The van der Waals surface area contributed by atoms with E-state index in [1.807, 2.05) is 27.1 Å². The van der Waals surface area contributed by atoms with Gasteiger partial charge in [-0.25, -0.2) is 4.39 Å². The molecule has 0 amide bonds. The largest absolute Gasteiger partial charge is 0.370 e. The number of rotatable bonds is 5. The molecular weight excluding hydrogens is 259 g/mol. The van der Waals surface area contributed by atoms with E-state index in [2.05, 4.69) is 27.0 Å². The average Bonchev–Trinajstić information content (AvgIpc) is 2.90. The summed E-state index contributed by atoms with van der Waals surface area (Å²) in [6, 6.07) is 7.34. The first kappa shape index (κ1) is 14.0. The summed E-state index contributed by atoms with van der Waals surface area (Å²) in [5.74, 6) is -0.156. The van der Waals surface area contributed by atoms with Gasteiger partial charge in [-0.1, -0.05) is 6.07 Å². The van der Waals surface area contributed by atoms with Crippen LogP contribution in [0, 0.1) is 5.82 Å². The van der Waals surface area contributed by atoms with Crippen LogP contribution >= 0.6 is 11.3 Å². The van der Waals surface area contributed by atoms with E-state index in [-0.39, 0.29) is 11.9 Å². The molecule has 0 radical (unpaired) electrons. The highest BCUT2D eigenvalue weighted by Gasteiger charge is 2.16. The summed E-state index contributed by atoms with van der Waals surface area (Å²) >= 11 is 1.68. The van der Waals surface area contributed by atoms with Crippen molar-refractivity contribution in [2.24, 2.45) is 0 Å². The molecule has 102 valence electrons. The minimum atomic E-state index is -0.156. The van der Waals surface area contributed by atoms with E-state index >= 15 is 0 Å². The van der Waals surface area contributed by atoms with Crippen molar-refractivity contribution in [3.63, 3.8) is 0 Å². The van der Waals surface area contributed by atoms with Gasteiger partial charge >= 0.3 is 0 Å². The predicted octanol–water partition coefficient (Wildman–Crippen LogP) is 3.80. The summed E-state index contributed by atoms with van der Waals surface area (Å²) in [4.78, 5) is 2.09. The lowest BCUT2D eigenvalue weighted by Gasteiger charge is -2.25. The van der Waals surface area contributed by atoms with E-state index in [1.165, 1.54) is 11.6 Å². The fraction of sp³-hybridized carbons (Fsp3) is 0.333. The molecule has 2 nitrogen and oxygen atoms in total. The summed E-state index contributed by atoms with van der Waals surface area (Å²) < 4.78 is 14.1. The van der Waals surface area contributed by atoms with Crippen molar-refractivity contribution in [2.45, 2.75) is 19.5 Å². The average molecular weight is 278 g/mol. The maximum Gasteiger partial charge on any atom is 0.130 e. The number of halogens is 1. The zero-order valence-electron chi connectivity index (χ0n) is 11.5. The van der Waals surface area contributed by atoms with Crippen molar-refractivity contribution >= 4 is 17.0 Å². The number of nitrogens with zero attached hydrogens (tertiary/aromatic N) is 1. The molecular formula is C15H19FN2S. The van der Waals surface area contributed by atoms with Crippen LogP contribution in [0.25, 0.3) is 0 Å². The number of nitrogens with one attached hydrogen (secondary N) is 1. The summed E-state index contributed by atoms with van der Waals surface area (Å²) in [5.41, 5.74) is 2.91. The minimum absolute atomic E-state index is 0.0128. The zero-order valence-corrected chi connectivity index (χ0v) is 12.3. The summed E-state index contributed by atoms with van der Waals surface area (Å²) in [6.07, 6.45) is 0. The van der Waals surface area contributed by atoms with Crippen LogP contribution in [0.2, 0.25) is 0 Å². The highest BCUT2D eigenvalue weighted by atomic mass is 32.1. The Kier molecular flexibility index (Phi) is 4.56. The van der Waals surface area contributed by atoms with Gasteiger partial charge in [0, 0.05) is 30.9 Å². The quantitative estimate of drug-likeness (QED) is 0.895. The van der Waals surface area contributed by atoms with Gasteiger partial charge in [-0.15, -0.1) is 0 Å². The van der Waals surface area contributed by atoms with Crippen LogP contribution in [0.15, 0.2) is 35.0 Å². The molecule has 1 N–H and O–H groups in total. The van der Waals surface area contributed by atoms with Crippen molar-refractivity contribution < 1.29 is 4.39 Å². The number of thiophene rings is 1. The van der Waals surface area contributed by atoms with Gasteiger partial charge in [0.1, 0.15) is 5.82 Å². The molecule has 0 bridgehead atoms. The minimum Gasteiger partial charge on any atom is -0.370 e. The molecule has 0 saturated carbocycles. The fourth-order valence-electron chi connectivity index (χ4n) is 2.17. The molecule has 19 heavy (non-hydrogen) atoms. The van der Waals surface area contributed by atoms with E-state index in [1.54, 1.807) is 17.4 Å². The van der Waals surface area contributed by atoms with Gasteiger partial charge in [0.2, 0.25) is 0 Å². The lowest BCUT2D eigenvalue weighted by molar-refractivity contribution is 0.560. The lowest BCUT2D eigenvalue weighted by Crippen LogP contribution is -2.22. The third-order valence-corrected chi connectivity index (χ3v) is 4.04. The van der Waals surface area contributed by atoms with Crippen molar-refractivity contribution in [1.82, 2.24) is 5.32 Å². The van der Waals surface area contributed by atoms with Crippen molar-refractivity contribution in [3.05, 3.63) is 52.0 Å². The second-order valence-corrected chi connectivity index (χ2v) is 5.45. The number of hydrogen-bond acceptors (Lipinski definition) is 3. The zero-order chi connectivity index (χ0) is 13.8. The van der Waals surface area contributed by atoms with Crippen LogP contribution in [0.3, 0.4) is 0 Å². The van der Waals surface area contributed by atoms with Crippen LogP contribution < -0.4 is 10.2 Å². The third kappa shape index (κ3) is 3.14. The van der Waals surface area contributed by atoms with Gasteiger partial charge in [-0.05, 0) is 48.5 Å². The molecule has 1 heterocycles. The molecule has 1 unspecified atom stereocenters. The standard InChI is InChI=1S/C15H19FN2S/c1-11(17-2)15-13(16)5-4-6-14(15)18(3)9-12-7-8-19-10-12/h4-8,10-11,17H,9H2,1-3H3. The molecule has 1 atom stereocenters. The third-order valence-electron chi connectivity index (χ3n) is 3.31. The molecule has 1 aromatic carbocycles. The summed E-state index contributed by atoms with van der Waals surface area (Å²) in [6.45, 7) is 2.76. The number of anilines is 1. The molecule has 4 heteroatoms. The van der Waals surface area contributed by atoms with Crippen LogP contribution in [0.1, 0.15) is 24.1 Å². The van der Waals surface area contributed by atoms with Gasteiger partial charge in [0.25, 0.3) is 0 Å². The van der Waals surface area contributed by atoms with E-state index in [0.717, 1.165) is 17.8 Å². The molecule has 0 fully saturated rings. The van der Waals surface area contributed by atoms with E-state index < -0.39 is 0 Å². The molecule has 2 aromatic rings. The molecule has 0 spiro atoms. The van der Waals surface area contributed by atoms with Gasteiger partial charge < -0.3 is 10.2 Å². The Labute approximate surface area is 117 Å². The molecule has 1 aromatic heterocycles. The number of hydrogen-bond donors (Lipinski definition) is 1. The van der Waals surface area contributed by atoms with Gasteiger partial charge in [-0.2, -0.15) is 11.3 Å². The number of benzene rings is 1. The Balaban J connectivity index is 2.30. The summed E-state index contributed by atoms with van der Waals surface area (Å²) in [5, 5.41) is 7.29.